The maximum Gasteiger partial charge on any atom is 0.250 e. The van der Waals surface area contributed by atoms with Crippen molar-refractivity contribution in [3.05, 3.63) is 64.6 Å². The van der Waals surface area contributed by atoms with Gasteiger partial charge >= 0.3 is 0 Å². The number of aliphatic imine (C=N–C) groups is 1. The molecule has 1 heterocycles. The lowest BCUT2D eigenvalue weighted by atomic mass is 10.2. The van der Waals surface area contributed by atoms with E-state index in [4.69, 9.17) is 0 Å². The van der Waals surface area contributed by atoms with Crippen molar-refractivity contribution >= 4 is 35.6 Å². The molecule has 0 aliphatic rings. The first-order valence-corrected chi connectivity index (χ1v) is 10.1. The van der Waals surface area contributed by atoms with Gasteiger partial charge in [0.05, 0.1) is 0 Å². The van der Waals surface area contributed by atoms with Crippen LogP contribution in [0.4, 0.5) is 5.69 Å². The van der Waals surface area contributed by atoms with Gasteiger partial charge in [0.25, 0.3) is 0 Å². The van der Waals surface area contributed by atoms with E-state index in [2.05, 4.69) is 58.6 Å². The van der Waals surface area contributed by atoms with Crippen LogP contribution < -0.4 is 21.1 Å². The Hall–Kier alpha value is -2.03. The number of halogens is 1. The molecule has 29 heavy (non-hydrogen) atoms. The number of pyridine rings is 1. The first-order valence-electron chi connectivity index (χ1n) is 10.1. The summed E-state index contributed by atoms with van der Waals surface area (Å²) in [6.45, 7) is 8.57. The van der Waals surface area contributed by atoms with Gasteiger partial charge in [0, 0.05) is 57.7 Å². The maximum atomic E-state index is 11.7. The summed E-state index contributed by atoms with van der Waals surface area (Å²) in [6, 6.07) is 13.9. The minimum Gasteiger partial charge on any atom is -0.370 e. The van der Waals surface area contributed by atoms with Crippen LogP contribution in [0.5, 0.6) is 0 Å². The zero-order valence-electron chi connectivity index (χ0n) is 17.7. The second-order valence-corrected chi connectivity index (χ2v) is 6.78. The van der Waals surface area contributed by atoms with Crippen LogP contribution in [0.25, 0.3) is 0 Å². The third-order valence-electron chi connectivity index (χ3n) is 4.66. The number of aromatic nitrogens is 1. The number of nitrogens with zero attached hydrogens (tertiary/aromatic N) is 3. The molecule has 160 valence electrons. The highest BCUT2D eigenvalue weighted by Gasteiger charge is 2.05. The summed E-state index contributed by atoms with van der Waals surface area (Å²) in [4.78, 5) is 18.3. The number of likely N-dealkylation sites (N-methyl/N-ethyl adjacent to an activating group) is 1. The highest BCUT2D eigenvalue weighted by molar-refractivity contribution is 14.0. The molecule has 0 aliphatic carbocycles. The molecule has 2 N–H and O–H groups in total. The normalized spacial score (nSPS) is 10.9. The summed E-state index contributed by atoms with van der Waals surface area (Å²) in [5.74, 6) is 0.817. The Morgan fingerprint density at radius 1 is 1.10 bits per heavy atom. The molecule has 1 aromatic carbocycles. The fourth-order valence-corrected chi connectivity index (χ4v) is 3.08. The molecule has 0 unspecified atom stereocenters. The number of hydrogen-bond donors (Lipinski definition) is 2. The molecule has 0 amide bonds. The first-order chi connectivity index (χ1) is 13.6. The molecule has 0 spiro atoms. The molecule has 0 aliphatic heterocycles. The molecule has 2 aromatic rings. The number of hydrogen-bond acceptors (Lipinski definition) is 3. The van der Waals surface area contributed by atoms with Gasteiger partial charge in [0.2, 0.25) is 5.56 Å². The molecule has 7 heteroatoms. The van der Waals surface area contributed by atoms with E-state index in [0.717, 1.165) is 51.5 Å². The minimum absolute atomic E-state index is 0. The SMILES string of the molecule is CCN(CCNC(=NC)NCCCCn1ccccc1=O)c1cccc(C)c1.I. The van der Waals surface area contributed by atoms with Gasteiger partial charge in [0.1, 0.15) is 0 Å². The van der Waals surface area contributed by atoms with Crippen molar-refractivity contribution in [3.63, 3.8) is 0 Å². The van der Waals surface area contributed by atoms with Gasteiger partial charge in [-0.2, -0.15) is 0 Å². The van der Waals surface area contributed by atoms with Gasteiger partial charge in [-0.3, -0.25) is 9.79 Å². The van der Waals surface area contributed by atoms with E-state index in [9.17, 15) is 4.79 Å². The Morgan fingerprint density at radius 3 is 2.59 bits per heavy atom. The van der Waals surface area contributed by atoms with E-state index in [-0.39, 0.29) is 29.5 Å². The van der Waals surface area contributed by atoms with E-state index >= 15 is 0 Å². The lowest BCUT2D eigenvalue weighted by Gasteiger charge is -2.24. The van der Waals surface area contributed by atoms with Crippen molar-refractivity contribution in [2.24, 2.45) is 4.99 Å². The standard InChI is InChI=1S/C22H33N5O.HI/c1-4-26(20-11-9-10-19(2)18-20)17-14-25-22(23-3)24-13-6-8-16-27-15-7-5-12-21(27)28;/h5,7,9-12,15,18H,4,6,8,13-14,16-17H2,1-3H3,(H2,23,24,25);1H. The number of nitrogens with one attached hydrogen (secondary N) is 2. The predicted molar refractivity (Wildman–Crippen MR) is 134 cm³/mol. The minimum atomic E-state index is 0. The average Bonchev–Trinajstić information content (AvgIpc) is 2.70. The lowest BCUT2D eigenvalue weighted by Crippen LogP contribution is -2.42. The smallest absolute Gasteiger partial charge is 0.250 e. The van der Waals surface area contributed by atoms with Gasteiger partial charge in [0.15, 0.2) is 5.96 Å². The maximum absolute atomic E-state index is 11.7. The average molecular weight is 511 g/mol. The monoisotopic (exact) mass is 511 g/mol. The molecule has 2 rings (SSSR count). The van der Waals surface area contributed by atoms with Gasteiger partial charge in [-0.1, -0.05) is 18.2 Å². The second-order valence-electron chi connectivity index (χ2n) is 6.78. The summed E-state index contributed by atoms with van der Waals surface area (Å²) in [7, 11) is 1.79. The molecule has 0 saturated carbocycles. The van der Waals surface area contributed by atoms with E-state index in [1.54, 1.807) is 23.7 Å². The molecule has 0 atom stereocenters. The lowest BCUT2D eigenvalue weighted by molar-refractivity contribution is 0.585. The predicted octanol–water partition coefficient (Wildman–Crippen LogP) is 3.25. The molecule has 1 aromatic heterocycles. The first kappa shape index (κ1) is 25.0. The van der Waals surface area contributed by atoms with Crippen molar-refractivity contribution in [1.82, 2.24) is 15.2 Å². The highest BCUT2D eigenvalue weighted by atomic mass is 127. The third kappa shape index (κ3) is 8.89. The number of benzene rings is 1. The summed E-state index contributed by atoms with van der Waals surface area (Å²) >= 11 is 0. The molecular weight excluding hydrogens is 477 g/mol. The summed E-state index contributed by atoms with van der Waals surface area (Å²) < 4.78 is 1.75. The molecule has 6 nitrogen and oxygen atoms in total. The fraction of sp³-hybridized carbons (Fsp3) is 0.455. The van der Waals surface area contributed by atoms with E-state index < -0.39 is 0 Å². The Balaban J connectivity index is 0.00000420. The molecule has 0 bridgehead atoms. The zero-order chi connectivity index (χ0) is 20.2. The van der Waals surface area contributed by atoms with Crippen LogP contribution in [0.15, 0.2) is 58.4 Å². The Labute approximate surface area is 191 Å². The van der Waals surface area contributed by atoms with Crippen molar-refractivity contribution in [1.29, 1.82) is 0 Å². The third-order valence-corrected chi connectivity index (χ3v) is 4.66. The fourth-order valence-electron chi connectivity index (χ4n) is 3.08. The number of unbranched alkanes of at least 4 members (excludes halogenated alkanes) is 1. The second kappa shape index (κ2) is 14.0. The van der Waals surface area contributed by atoms with Crippen LogP contribution >= 0.6 is 24.0 Å². The summed E-state index contributed by atoms with van der Waals surface area (Å²) in [6.07, 6.45) is 3.77. The van der Waals surface area contributed by atoms with Crippen LogP contribution in [-0.4, -0.2) is 43.8 Å². The highest BCUT2D eigenvalue weighted by Crippen LogP contribution is 2.14. The van der Waals surface area contributed by atoms with Crippen LogP contribution in [0.1, 0.15) is 25.3 Å². The van der Waals surface area contributed by atoms with Crippen LogP contribution in [0.2, 0.25) is 0 Å². The van der Waals surface area contributed by atoms with Crippen LogP contribution in [0.3, 0.4) is 0 Å². The van der Waals surface area contributed by atoms with Crippen molar-refractivity contribution in [2.75, 3.05) is 38.1 Å². The van der Waals surface area contributed by atoms with E-state index in [0.29, 0.717) is 0 Å². The summed E-state index contributed by atoms with van der Waals surface area (Å²) in [5.41, 5.74) is 2.59. The van der Waals surface area contributed by atoms with Crippen molar-refractivity contribution < 1.29 is 0 Å². The number of aryl methyl sites for hydroxylation is 2. The topological polar surface area (TPSA) is 61.7 Å². The Kier molecular flexibility index (Phi) is 12.1. The van der Waals surface area contributed by atoms with Crippen LogP contribution in [-0.2, 0) is 6.54 Å². The quantitative estimate of drug-likeness (QED) is 0.223. The largest absolute Gasteiger partial charge is 0.370 e. The Morgan fingerprint density at radius 2 is 1.90 bits per heavy atom. The van der Waals surface area contributed by atoms with Crippen molar-refractivity contribution in [3.8, 4) is 0 Å². The summed E-state index contributed by atoms with van der Waals surface area (Å²) in [5, 5.41) is 6.72. The number of anilines is 1. The van der Waals surface area contributed by atoms with E-state index in [1.807, 2.05) is 12.3 Å². The molecule has 0 saturated heterocycles. The number of rotatable bonds is 10. The van der Waals surface area contributed by atoms with Crippen molar-refractivity contribution in [2.45, 2.75) is 33.2 Å². The van der Waals surface area contributed by atoms with Gasteiger partial charge < -0.3 is 20.1 Å². The van der Waals surface area contributed by atoms with Gasteiger partial charge in [-0.15, -0.1) is 24.0 Å². The molecule has 0 radical (unpaired) electrons. The van der Waals surface area contributed by atoms with Gasteiger partial charge in [-0.05, 0) is 50.5 Å². The Bertz CT molecular complexity index is 806. The zero-order valence-corrected chi connectivity index (χ0v) is 20.1. The van der Waals surface area contributed by atoms with Crippen LogP contribution in [0, 0.1) is 6.92 Å². The number of guanidine groups is 1. The molecular formula is C22H34IN5O. The van der Waals surface area contributed by atoms with Gasteiger partial charge in [-0.25, -0.2) is 0 Å². The molecule has 0 fully saturated rings. The van der Waals surface area contributed by atoms with E-state index in [1.165, 1.54) is 11.3 Å².